The summed E-state index contributed by atoms with van der Waals surface area (Å²) in [7, 11) is -3.61. The van der Waals surface area contributed by atoms with E-state index < -0.39 is 16.1 Å². The number of sulfonamides is 1. The zero-order valence-corrected chi connectivity index (χ0v) is 17.6. The van der Waals surface area contributed by atoms with Gasteiger partial charge in [0.25, 0.3) is 10.0 Å². The van der Waals surface area contributed by atoms with Gasteiger partial charge in [0.05, 0.1) is 0 Å². The maximum absolute atomic E-state index is 13.0. The highest BCUT2D eigenvalue weighted by molar-refractivity contribution is 7.91. The van der Waals surface area contributed by atoms with E-state index in [1.165, 1.54) is 21.2 Å². The average Bonchev–Trinajstić information content (AvgIpc) is 3.23. The maximum Gasteiger partial charge on any atom is 0.253 e. The molecule has 7 heteroatoms. The van der Waals surface area contributed by atoms with E-state index in [1.807, 2.05) is 18.2 Å². The lowest BCUT2D eigenvalue weighted by Gasteiger charge is -2.47. The molecule has 1 aromatic heterocycles. The van der Waals surface area contributed by atoms with Gasteiger partial charge in [-0.15, -0.1) is 11.3 Å². The summed E-state index contributed by atoms with van der Waals surface area (Å²) in [6, 6.07) is 13.2. The van der Waals surface area contributed by atoms with Gasteiger partial charge in [-0.1, -0.05) is 49.7 Å². The molecule has 0 radical (unpaired) electrons. The van der Waals surface area contributed by atoms with E-state index in [4.69, 9.17) is 0 Å². The largest absolute Gasteiger partial charge is 0.352 e. The number of nitrogens with one attached hydrogen (secondary N) is 1. The molecule has 4 rings (SSSR count). The summed E-state index contributed by atoms with van der Waals surface area (Å²) < 4.78 is 27.7. The lowest BCUT2D eigenvalue weighted by atomic mass is 9.63. The number of thiophene rings is 1. The number of piperidine rings is 1. The van der Waals surface area contributed by atoms with Crippen molar-refractivity contribution in [2.45, 2.75) is 60.7 Å². The van der Waals surface area contributed by atoms with Crippen molar-refractivity contribution < 1.29 is 13.2 Å². The summed E-state index contributed by atoms with van der Waals surface area (Å²) >= 11 is 1.20. The average molecular weight is 419 g/mol. The standard InChI is InChI=1S/C21H26N2O3S2/c1-21(16-8-3-2-4-9-16)14-17(15-21)22-20(24)18-10-5-6-12-23(18)28(25,26)19-11-7-13-27-19/h2-4,7-9,11,13,17-18H,5-6,10,12,14-15H2,1H3,(H,22,24). The van der Waals surface area contributed by atoms with E-state index in [1.54, 1.807) is 17.5 Å². The molecule has 1 aliphatic carbocycles. The van der Waals surface area contributed by atoms with Crippen LogP contribution in [0.25, 0.3) is 0 Å². The Kier molecular flexibility index (Phi) is 5.33. The van der Waals surface area contributed by atoms with Crippen LogP contribution in [0.15, 0.2) is 52.1 Å². The SMILES string of the molecule is CC1(c2ccccc2)CC(NC(=O)C2CCCCN2S(=O)(=O)c2cccs2)C1. The lowest BCUT2D eigenvalue weighted by molar-refractivity contribution is -0.127. The first-order valence-corrected chi connectivity index (χ1v) is 12.1. The zero-order chi connectivity index (χ0) is 19.8. The van der Waals surface area contributed by atoms with E-state index in [2.05, 4.69) is 24.4 Å². The molecule has 1 saturated carbocycles. The van der Waals surface area contributed by atoms with Crippen molar-refractivity contribution in [1.82, 2.24) is 9.62 Å². The van der Waals surface area contributed by atoms with E-state index in [0.29, 0.717) is 17.2 Å². The minimum atomic E-state index is -3.61. The van der Waals surface area contributed by atoms with Gasteiger partial charge in [-0.2, -0.15) is 4.31 Å². The highest BCUT2D eigenvalue weighted by Gasteiger charge is 2.44. The van der Waals surface area contributed by atoms with E-state index in [9.17, 15) is 13.2 Å². The lowest BCUT2D eigenvalue weighted by Crippen LogP contribution is -2.58. The van der Waals surface area contributed by atoms with Crippen LogP contribution in [0, 0.1) is 0 Å². The van der Waals surface area contributed by atoms with Crippen LogP contribution in [0.1, 0.15) is 44.6 Å². The monoisotopic (exact) mass is 418 g/mol. The first-order chi connectivity index (χ1) is 13.4. The molecule has 1 aromatic carbocycles. The highest BCUT2D eigenvalue weighted by Crippen LogP contribution is 2.43. The summed E-state index contributed by atoms with van der Waals surface area (Å²) in [6.07, 6.45) is 4.02. The number of rotatable bonds is 5. The summed E-state index contributed by atoms with van der Waals surface area (Å²) in [6.45, 7) is 2.63. The van der Waals surface area contributed by atoms with Crippen molar-refractivity contribution >= 4 is 27.3 Å². The molecule has 5 nitrogen and oxygen atoms in total. The molecule has 1 N–H and O–H groups in total. The molecule has 1 saturated heterocycles. The Labute approximate surface area is 170 Å². The van der Waals surface area contributed by atoms with Crippen molar-refractivity contribution in [3.8, 4) is 0 Å². The Morgan fingerprint density at radius 1 is 1.14 bits per heavy atom. The smallest absolute Gasteiger partial charge is 0.253 e. The topological polar surface area (TPSA) is 66.5 Å². The van der Waals surface area contributed by atoms with Crippen LogP contribution >= 0.6 is 11.3 Å². The highest BCUT2D eigenvalue weighted by atomic mass is 32.2. The molecule has 0 spiro atoms. The van der Waals surface area contributed by atoms with Crippen molar-refractivity contribution in [2.75, 3.05) is 6.54 Å². The third-order valence-corrected chi connectivity index (χ3v) is 9.31. The predicted molar refractivity (Wildman–Crippen MR) is 111 cm³/mol. The molecular weight excluding hydrogens is 392 g/mol. The molecule has 2 aromatic rings. The van der Waals surface area contributed by atoms with Crippen LogP contribution in [0.2, 0.25) is 0 Å². The van der Waals surface area contributed by atoms with E-state index >= 15 is 0 Å². The van der Waals surface area contributed by atoms with Gasteiger partial charge in [0, 0.05) is 12.6 Å². The van der Waals surface area contributed by atoms with E-state index in [-0.39, 0.29) is 17.4 Å². The maximum atomic E-state index is 13.0. The molecule has 2 aliphatic rings. The first-order valence-electron chi connectivity index (χ1n) is 9.81. The van der Waals surface area contributed by atoms with Crippen molar-refractivity contribution in [3.63, 3.8) is 0 Å². The molecule has 150 valence electrons. The molecule has 1 amide bonds. The van der Waals surface area contributed by atoms with Crippen LogP contribution in [0.3, 0.4) is 0 Å². The van der Waals surface area contributed by atoms with Gasteiger partial charge in [0.15, 0.2) is 0 Å². The molecular formula is C21H26N2O3S2. The number of nitrogens with zero attached hydrogens (tertiary/aromatic N) is 1. The minimum Gasteiger partial charge on any atom is -0.352 e. The second-order valence-corrected chi connectivity index (χ2v) is 11.2. The Morgan fingerprint density at radius 3 is 2.57 bits per heavy atom. The normalized spacial score (nSPS) is 28.5. The van der Waals surface area contributed by atoms with Gasteiger partial charge in [0.1, 0.15) is 10.3 Å². The molecule has 1 unspecified atom stereocenters. The summed E-state index contributed by atoms with van der Waals surface area (Å²) in [4.78, 5) is 13.0. The second-order valence-electron chi connectivity index (χ2n) is 8.10. The summed E-state index contributed by atoms with van der Waals surface area (Å²) in [5, 5.41) is 4.87. The van der Waals surface area contributed by atoms with Crippen molar-refractivity contribution in [3.05, 3.63) is 53.4 Å². The van der Waals surface area contributed by atoms with Crippen LogP contribution in [0.4, 0.5) is 0 Å². The second kappa shape index (κ2) is 7.61. The van der Waals surface area contributed by atoms with Crippen LogP contribution in [-0.2, 0) is 20.2 Å². The number of hydrogen-bond acceptors (Lipinski definition) is 4. The van der Waals surface area contributed by atoms with Gasteiger partial charge in [0.2, 0.25) is 5.91 Å². The number of carbonyl (C=O) groups is 1. The van der Waals surface area contributed by atoms with Gasteiger partial charge in [-0.3, -0.25) is 4.79 Å². The molecule has 0 bridgehead atoms. The minimum absolute atomic E-state index is 0.0779. The van der Waals surface area contributed by atoms with Gasteiger partial charge < -0.3 is 5.32 Å². The number of carbonyl (C=O) groups excluding carboxylic acids is 1. The quantitative estimate of drug-likeness (QED) is 0.808. The third kappa shape index (κ3) is 3.63. The van der Waals surface area contributed by atoms with E-state index in [0.717, 1.165) is 25.7 Å². The Balaban J connectivity index is 1.43. The first kappa shape index (κ1) is 19.6. The Bertz CT molecular complexity index is 920. The fourth-order valence-electron chi connectivity index (χ4n) is 4.48. The fraction of sp³-hybridized carbons (Fsp3) is 0.476. The summed E-state index contributed by atoms with van der Waals surface area (Å²) in [5.74, 6) is -0.153. The zero-order valence-electron chi connectivity index (χ0n) is 16.0. The number of amides is 1. The Morgan fingerprint density at radius 2 is 1.89 bits per heavy atom. The third-order valence-electron chi connectivity index (χ3n) is 6.03. The van der Waals surface area contributed by atoms with Gasteiger partial charge >= 0.3 is 0 Å². The predicted octanol–water partition coefficient (Wildman–Crippen LogP) is 3.53. The van der Waals surface area contributed by atoms with Crippen molar-refractivity contribution in [1.29, 1.82) is 0 Å². The summed E-state index contributed by atoms with van der Waals surface area (Å²) in [5.41, 5.74) is 1.37. The van der Waals surface area contributed by atoms with Crippen molar-refractivity contribution in [2.24, 2.45) is 0 Å². The van der Waals surface area contributed by atoms with Gasteiger partial charge in [-0.05, 0) is 48.1 Å². The number of hydrogen-bond donors (Lipinski definition) is 1. The van der Waals surface area contributed by atoms with Gasteiger partial charge in [-0.25, -0.2) is 8.42 Å². The fourth-order valence-corrected chi connectivity index (χ4v) is 7.26. The Hall–Kier alpha value is -1.70. The molecule has 2 fully saturated rings. The molecule has 1 atom stereocenters. The van der Waals surface area contributed by atoms with Crippen LogP contribution in [0.5, 0.6) is 0 Å². The van der Waals surface area contributed by atoms with Crippen LogP contribution in [-0.4, -0.2) is 37.3 Å². The molecule has 2 heterocycles. The van der Waals surface area contributed by atoms with Crippen LogP contribution < -0.4 is 5.32 Å². The molecule has 1 aliphatic heterocycles. The molecule has 28 heavy (non-hydrogen) atoms. The number of benzene rings is 1.